The van der Waals surface area contributed by atoms with Gasteiger partial charge in [-0.2, -0.15) is 0 Å². The van der Waals surface area contributed by atoms with Gasteiger partial charge in [0.25, 0.3) is 0 Å². The van der Waals surface area contributed by atoms with Crippen molar-refractivity contribution in [1.29, 1.82) is 0 Å². The fourth-order valence-electron chi connectivity index (χ4n) is 3.88. The smallest absolute Gasteiger partial charge is 0.225 e. The molecule has 2 aliphatic rings. The zero-order valence-electron chi connectivity index (χ0n) is 15.1. The van der Waals surface area contributed by atoms with E-state index in [0.29, 0.717) is 26.1 Å². The number of nitrogens with one attached hydrogen (secondary N) is 1. The third kappa shape index (κ3) is 5.05. The Morgan fingerprint density at radius 3 is 2.80 bits per heavy atom. The molecule has 2 heterocycles. The molecule has 5 nitrogen and oxygen atoms in total. The molecule has 1 N–H and O–H groups in total. The molecule has 0 aliphatic carbocycles. The van der Waals surface area contributed by atoms with Crippen molar-refractivity contribution in [1.82, 2.24) is 15.1 Å². The molecule has 0 radical (unpaired) electrons. The maximum Gasteiger partial charge on any atom is 0.225 e. The molecule has 0 saturated carbocycles. The van der Waals surface area contributed by atoms with Crippen molar-refractivity contribution in [2.45, 2.75) is 32.7 Å². The highest BCUT2D eigenvalue weighted by Crippen LogP contribution is 2.20. The molecular formula is C20H29N3O2. The Morgan fingerprint density at radius 1 is 1.24 bits per heavy atom. The minimum atomic E-state index is -0.212. The second-order valence-electron chi connectivity index (χ2n) is 7.50. The topological polar surface area (TPSA) is 52.7 Å². The molecule has 3 rings (SSSR count). The van der Waals surface area contributed by atoms with Crippen LogP contribution >= 0.6 is 0 Å². The van der Waals surface area contributed by atoms with E-state index in [1.165, 1.54) is 12.8 Å². The highest BCUT2D eigenvalue weighted by atomic mass is 16.2. The third-order valence-electron chi connectivity index (χ3n) is 5.27. The van der Waals surface area contributed by atoms with Gasteiger partial charge in [-0.05, 0) is 30.9 Å². The van der Waals surface area contributed by atoms with E-state index in [4.69, 9.17) is 0 Å². The number of amides is 2. The highest BCUT2D eigenvalue weighted by Gasteiger charge is 2.34. The number of carbonyl (C=O) groups is 2. The normalized spacial score (nSPS) is 24.5. The zero-order valence-corrected chi connectivity index (χ0v) is 15.1. The number of hydrogen-bond donors (Lipinski definition) is 1. The fraction of sp³-hybridized carbons (Fsp3) is 0.600. The van der Waals surface area contributed by atoms with Crippen LogP contribution in [-0.4, -0.2) is 54.3 Å². The van der Waals surface area contributed by atoms with Gasteiger partial charge in [-0.15, -0.1) is 0 Å². The van der Waals surface area contributed by atoms with Crippen molar-refractivity contribution in [2.24, 2.45) is 11.8 Å². The van der Waals surface area contributed by atoms with Gasteiger partial charge < -0.3 is 15.1 Å². The van der Waals surface area contributed by atoms with Crippen LogP contribution in [0.15, 0.2) is 30.3 Å². The molecule has 1 aromatic carbocycles. The largest absolute Gasteiger partial charge is 0.355 e. The summed E-state index contributed by atoms with van der Waals surface area (Å²) in [5, 5.41) is 3.03. The van der Waals surface area contributed by atoms with Gasteiger partial charge in [0.15, 0.2) is 0 Å². The van der Waals surface area contributed by atoms with E-state index < -0.39 is 0 Å². The number of benzene rings is 1. The molecule has 2 aliphatic heterocycles. The van der Waals surface area contributed by atoms with E-state index in [9.17, 15) is 9.59 Å². The lowest BCUT2D eigenvalue weighted by Crippen LogP contribution is -2.41. The van der Waals surface area contributed by atoms with Crippen molar-refractivity contribution in [3.8, 4) is 0 Å². The second-order valence-corrected chi connectivity index (χ2v) is 7.50. The van der Waals surface area contributed by atoms with Crippen LogP contribution in [0.1, 0.15) is 31.7 Å². The van der Waals surface area contributed by atoms with Crippen molar-refractivity contribution >= 4 is 11.8 Å². The van der Waals surface area contributed by atoms with Gasteiger partial charge in [0.05, 0.1) is 5.92 Å². The predicted octanol–water partition coefficient (Wildman–Crippen LogP) is 1.88. The lowest BCUT2D eigenvalue weighted by molar-refractivity contribution is -0.129. The summed E-state index contributed by atoms with van der Waals surface area (Å²) >= 11 is 0. The molecular weight excluding hydrogens is 314 g/mol. The monoisotopic (exact) mass is 343 g/mol. The first-order valence-corrected chi connectivity index (χ1v) is 9.43. The van der Waals surface area contributed by atoms with Gasteiger partial charge in [0.1, 0.15) is 0 Å². The van der Waals surface area contributed by atoms with E-state index in [1.54, 1.807) is 4.90 Å². The van der Waals surface area contributed by atoms with Crippen molar-refractivity contribution in [3.63, 3.8) is 0 Å². The molecule has 0 unspecified atom stereocenters. The van der Waals surface area contributed by atoms with Crippen LogP contribution in [0.25, 0.3) is 0 Å². The number of carbonyl (C=O) groups excluding carboxylic acids is 2. The second kappa shape index (κ2) is 8.48. The summed E-state index contributed by atoms with van der Waals surface area (Å²) in [5.41, 5.74) is 1.11. The number of rotatable bonds is 6. The minimum Gasteiger partial charge on any atom is -0.355 e. The van der Waals surface area contributed by atoms with Crippen molar-refractivity contribution < 1.29 is 9.59 Å². The van der Waals surface area contributed by atoms with E-state index in [-0.39, 0.29) is 17.7 Å². The van der Waals surface area contributed by atoms with Crippen molar-refractivity contribution in [2.75, 3.05) is 32.7 Å². The number of piperidine rings is 1. The Balaban J connectivity index is 1.41. The molecule has 2 atom stereocenters. The van der Waals surface area contributed by atoms with Crippen LogP contribution < -0.4 is 5.32 Å². The number of nitrogens with zero attached hydrogens (tertiary/aromatic N) is 2. The van der Waals surface area contributed by atoms with Gasteiger partial charge in [-0.3, -0.25) is 9.59 Å². The average molecular weight is 343 g/mol. The van der Waals surface area contributed by atoms with Gasteiger partial charge in [-0.1, -0.05) is 37.3 Å². The number of likely N-dealkylation sites (tertiary alicyclic amines) is 2. The predicted molar refractivity (Wildman–Crippen MR) is 97.8 cm³/mol. The van der Waals surface area contributed by atoms with Gasteiger partial charge in [0.2, 0.25) is 11.8 Å². The zero-order chi connectivity index (χ0) is 17.6. The molecule has 2 fully saturated rings. The summed E-state index contributed by atoms with van der Waals surface area (Å²) in [6.45, 7) is 7.25. The molecule has 2 saturated heterocycles. The van der Waals surface area contributed by atoms with E-state index in [2.05, 4.69) is 17.1 Å². The quantitative estimate of drug-likeness (QED) is 0.858. The Bertz CT molecular complexity index is 590. The first kappa shape index (κ1) is 17.9. The van der Waals surface area contributed by atoms with Crippen LogP contribution in [0.2, 0.25) is 0 Å². The van der Waals surface area contributed by atoms with Gasteiger partial charge in [-0.25, -0.2) is 0 Å². The van der Waals surface area contributed by atoms with E-state index in [1.807, 2.05) is 30.3 Å². The van der Waals surface area contributed by atoms with Crippen LogP contribution in [0.5, 0.6) is 0 Å². The maximum absolute atomic E-state index is 12.4. The van der Waals surface area contributed by atoms with Crippen LogP contribution in [0, 0.1) is 11.8 Å². The lowest BCUT2D eigenvalue weighted by Gasteiger charge is -2.30. The fourth-order valence-corrected chi connectivity index (χ4v) is 3.88. The molecule has 1 aromatic rings. The molecule has 25 heavy (non-hydrogen) atoms. The van der Waals surface area contributed by atoms with Gasteiger partial charge >= 0.3 is 0 Å². The Labute approximate surface area is 150 Å². The molecule has 0 aromatic heterocycles. The molecule has 0 spiro atoms. The van der Waals surface area contributed by atoms with Crippen molar-refractivity contribution in [3.05, 3.63) is 35.9 Å². The first-order chi connectivity index (χ1) is 12.1. The molecule has 2 amide bonds. The van der Waals surface area contributed by atoms with Crippen LogP contribution in [-0.2, 0) is 16.1 Å². The summed E-state index contributed by atoms with van der Waals surface area (Å²) in [7, 11) is 0. The van der Waals surface area contributed by atoms with E-state index >= 15 is 0 Å². The Hall–Kier alpha value is -1.88. The summed E-state index contributed by atoms with van der Waals surface area (Å²) in [4.78, 5) is 28.8. The summed E-state index contributed by atoms with van der Waals surface area (Å²) in [5.74, 6) is 0.641. The maximum atomic E-state index is 12.4. The SMILES string of the molecule is C[C@@H]1CCCN(CCNC(=O)[C@H]2CC(=O)N(Cc3ccccc3)C2)C1. The number of hydrogen-bond acceptors (Lipinski definition) is 3. The average Bonchev–Trinajstić information content (AvgIpc) is 2.97. The molecule has 5 heteroatoms. The third-order valence-corrected chi connectivity index (χ3v) is 5.27. The summed E-state index contributed by atoms with van der Waals surface area (Å²) < 4.78 is 0. The Morgan fingerprint density at radius 2 is 2.04 bits per heavy atom. The molecule has 0 bridgehead atoms. The summed E-state index contributed by atoms with van der Waals surface area (Å²) in [6, 6.07) is 9.94. The summed E-state index contributed by atoms with van der Waals surface area (Å²) in [6.07, 6.45) is 2.89. The molecule has 136 valence electrons. The van der Waals surface area contributed by atoms with Crippen LogP contribution in [0.3, 0.4) is 0 Å². The van der Waals surface area contributed by atoms with E-state index in [0.717, 1.165) is 31.1 Å². The van der Waals surface area contributed by atoms with Gasteiger partial charge in [0, 0.05) is 39.1 Å². The Kier molecular flexibility index (Phi) is 6.08. The highest BCUT2D eigenvalue weighted by molar-refractivity contribution is 5.89. The standard InChI is InChI=1S/C20H29N3O2/c1-16-6-5-10-22(13-16)11-9-21-20(25)18-12-19(24)23(15-18)14-17-7-3-2-4-8-17/h2-4,7-8,16,18H,5-6,9-15H2,1H3,(H,21,25)/t16-,18+/m1/s1. The van der Waals surface area contributed by atoms with Crippen LogP contribution in [0.4, 0.5) is 0 Å². The minimum absolute atomic E-state index is 0.0222. The first-order valence-electron chi connectivity index (χ1n) is 9.43. The lowest BCUT2D eigenvalue weighted by atomic mass is 10.0.